The molecular weight excluding hydrogens is 150 g/mol. The van der Waals surface area contributed by atoms with Crippen LogP contribution in [-0.4, -0.2) is 10.2 Å². The number of nitrogens with one attached hydrogen (secondary N) is 1. The van der Waals surface area contributed by atoms with Gasteiger partial charge in [0.1, 0.15) is 5.82 Å². The van der Waals surface area contributed by atoms with Gasteiger partial charge in [0.05, 0.1) is 0 Å². The van der Waals surface area contributed by atoms with Crippen LogP contribution in [0.25, 0.3) is 0 Å². The zero-order valence-electron chi connectivity index (χ0n) is 7.43. The third-order valence-corrected chi connectivity index (χ3v) is 2.87. The fourth-order valence-electron chi connectivity index (χ4n) is 1.63. The summed E-state index contributed by atoms with van der Waals surface area (Å²) in [6.07, 6.45) is 5.28. The topological polar surface area (TPSA) is 54.7 Å². The van der Waals surface area contributed by atoms with Gasteiger partial charge in [-0.15, -0.1) is 0 Å². The second kappa shape index (κ2) is 2.81. The van der Waals surface area contributed by atoms with Crippen LogP contribution in [0.2, 0.25) is 0 Å². The van der Waals surface area contributed by atoms with Gasteiger partial charge < -0.3 is 5.73 Å². The SMILES string of the molecule is Cc1c(N)n[nH]c1CC1CCC1. The Balaban J connectivity index is 2.06. The molecule has 0 unspecified atom stereocenters. The molecule has 1 aliphatic carbocycles. The molecule has 0 bridgehead atoms. The molecule has 0 amide bonds. The Morgan fingerprint density at radius 1 is 1.58 bits per heavy atom. The molecule has 66 valence electrons. The summed E-state index contributed by atoms with van der Waals surface area (Å²) in [5.41, 5.74) is 8.01. The molecule has 0 atom stereocenters. The maximum absolute atomic E-state index is 5.63. The highest BCUT2D eigenvalue weighted by Gasteiger charge is 2.19. The first-order valence-electron chi connectivity index (χ1n) is 4.56. The molecule has 1 aromatic rings. The fraction of sp³-hybridized carbons (Fsp3) is 0.667. The largest absolute Gasteiger partial charge is 0.382 e. The number of nitrogens with zero attached hydrogens (tertiary/aromatic N) is 1. The van der Waals surface area contributed by atoms with Crippen molar-refractivity contribution in [2.75, 3.05) is 5.73 Å². The van der Waals surface area contributed by atoms with Gasteiger partial charge in [-0.3, -0.25) is 5.10 Å². The van der Waals surface area contributed by atoms with Crippen LogP contribution in [0, 0.1) is 12.8 Å². The van der Waals surface area contributed by atoms with Gasteiger partial charge in [0.2, 0.25) is 0 Å². The number of rotatable bonds is 2. The molecule has 1 heterocycles. The highest BCUT2D eigenvalue weighted by Crippen LogP contribution is 2.30. The molecule has 3 N–H and O–H groups in total. The van der Waals surface area contributed by atoms with Crippen molar-refractivity contribution >= 4 is 5.82 Å². The Kier molecular flexibility index (Phi) is 1.79. The predicted molar refractivity (Wildman–Crippen MR) is 48.8 cm³/mol. The lowest BCUT2D eigenvalue weighted by Crippen LogP contribution is -2.14. The Morgan fingerprint density at radius 2 is 2.33 bits per heavy atom. The van der Waals surface area contributed by atoms with Gasteiger partial charge in [-0.1, -0.05) is 19.3 Å². The van der Waals surface area contributed by atoms with E-state index >= 15 is 0 Å². The van der Waals surface area contributed by atoms with E-state index in [1.807, 2.05) is 6.92 Å². The number of hydrogen-bond acceptors (Lipinski definition) is 2. The number of nitrogen functional groups attached to an aromatic ring is 1. The first kappa shape index (κ1) is 7.65. The molecule has 0 aliphatic heterocycles. The zero-order chi connectivity index (χ0) is 8.55. The molecule has 0 radical (unpaired) electrons. The normalized spacial score (nSPS) is 17.8. The molecule has 0 aromatic carbocycles. The van der Waals surface area contributed by atoms with E-state index in [1.54, 1.807) is 0 Å². The first-order valence-corrected chi connectivity index (χ1v) is 4.56. The third kappa shape index (κ3) is 1.19. The molecule has 0 spiro atoms. The number of aromatic amines is 1. The van der Waals surface area contributed by atoms with E-state index in [-0.39, 0.29) is 0 Å². The van der Waals surface area contributed by atoms with Gasteiger partial charge in [0.15, 0.2) is 0 Å². The van der Waals surface area contributed by atoms with Gasteiger partial charge in [0, 0.05) is 11.3 Å². The summed E-state index contributed by atoms with van der Waals surface area (Å²) < 4.78 is 0. The molecular formula is C9H15N3. The van der Waals surface area contributed by atoms with Crippen LogP contribution in [0.5, 0.6) is 0 Å². The highest BCUT2D eigenvalue weighted by molar-refractivity contribution is 5.40. The summed E-state index contributed by atoms with van der Waals surface area (Å²) >= 11 is 0. The molecule has 1 aliphatic rings. The number of anilines is 1. The van der Waals surface area contributed by atoms with E-state index in [1.165, 1.54) is 25.0 Å². The van der Waals surface area contributed by atoms with Crippen LogP contribution in [0.1, 0.15) is 30.5 Å². The van der Waals surface area contributed by atoms with Gasteiger partial charge in [0.25, 0.3) is 0 Å². The summed E-state index contributed by atoms with van der Waals surface area (Å²) in [4.78, 5) is 0. The summed E-state index contributed by atoms with van der Waals surface area (Å²) in [5.74, 6) is 1.54. The average molecular weight is 165 g/mol. The molecule has 1 saturated carbocycles. The van der Waals surface area contributed by atoms with Crippen LogP contribution < -0.4 is 5.73 Å². The fourth-order valence-corrected chi connectivity index (χ4v) is 1.63. The van der Waals surface area contributed by atoms with E-state index in [2.05, 4.69) is 10.2 Å². The summed E-state index contributed by atoms with van der Waals surface area (Å²) in [6, 6.07) is 0. The molecule has 1 fully saturated rings. The second-order valence-electron chi connectivity index (χ2n) is 3.71. The molecule has 0 saturated heterocycles. The van der Waals surface area contributed by atoms with E-state index in [0.29, 0.717) is 5.82 Å². The van der Waals surface area contributed by atoms with Crippen LogP contribution in [-0.2, 0) is 6.42 Å². The third-order valence-electron chi connectivity index (χ3n) is 2.87. The standard InChI is InChI=1S/C9H15N3/c1-6-8(11-12-9(6)10)5-7-3-2-4-7/h7H,2-5H2,1H3,(H3,10,11,12). The van der Waals surface area contributed by atoms with E-state index in [0.717, 1.165) is 17.9 Å². The van der Waals surface area contributed by atoms with Crippen LogP contribution in [0.3, 0.4) is 0 Å². The lowest BCUT2D eigenvalue weighted by Gasteiger charge is -2.24. The van der Waals surface area contributed by atoms with Crippen LogP contribution >= 0.6 is 0 Å². The van der Waals surface area contributed by atoms with E-state index in [9.17, 15) is 0 Å². The van der Waals surface area contributed by atoms with Crippen molar-refractivity contribution in [3.05, 3.63) is 11.3 Å². The second-order valence-corrected chi connectivity index (χ2v) is 3.71. The average Bonchev–Trinajstić information content (AvgIpc) is 2.27. The van der Waals surface area contributed by atoms with Crippen molar-refractivity contribution < 1.29 is 0 Å². The zero-order valence-corrected chi connectivity index (χ0v) is 7.43. The molecule has 3 nitrogen and oxygen atoms in total. The highest BCUT2D eigenvalue weighted by atomic mass is 15.2. The Hall–Kier alpha value is -0.990. The lowest BCUT2D eigenvalue weighted by molar-refractivity contribution is 0.311. The van der Waals surface area contributed by atoms with Crippen LogP contribution in [0.15, 0.2) is 0 Å². The van der Waals surface area contributed by atoms with Crippen molar-refractivity contribution in [2.45, 2.75) is 32.6 Å². The number of H-pyrrole nitrogens is 1. The Labute approximate surface area is 72.4 Å². The molecule has 2 rings (SSSR count). The van der Waals surface area contributed by atoms with Crippen molar-refractivity contribution in [3.8, 4) is 0 Å². The van der Waals surface area contributed by atoms with Crippen molar-refractivity contribution in [2.24, 2.45) is 5.92 Å². The quantitative estimate of drug-likeness (QED) is 0.700. The number of nitrogens with two attached hydrogens (primary N) is 1. The molecule has 1 aromatic heterocycles. The van der Waals surface area contributed by atoms with Gasteiger partial charge >= 0.3 is 0 Å². The van der Waals surface area contributed by atoms with Crippen molar-refractivity contribution in [1.82, 2.24) is 10.2 Å². The monoisotopic (exact) mass is 165 g/mol. The van der Waals surface area contributed by atoms with Gasteiger partial charge in [-0.25, -0.2) is 0 Å². The van der Waals surface area contributed by atoms with Crippen molar-refractivity contribution in [3.63, 3.8) is 0 Å². The minimum atomic E-state index is 0.657. The van der Waals surface area contributed by atoms with Crippen molar-refractivity contribution in [1.29, 1.82) is 0 Å². The van der Waals surface area contributed by atoms with Gasteiger partial charge in [-0.2, -0.15) is 5.10 Å². The smallest absolute Gasteiger partial charge is 0.148 e. The molecule has 12 heavy (non-hydrogen) atoms. The van der Waals surface area contributed by atoms with E-state index in [4.69, 9.17) is 5.73 Å². The van der Waals surface area contributed by atoms with Crippen LogP contribution in [0.4, 0.5) is 5.82 Å². The number of aromatic nitrogens is 2. The lowest BCUT2D eigenvalue weighted by atomic mass is 9.82. The Morgan fingerprint density at radius 3 is 2.75 bits per heavy atom. The maximum atomic E-state index is 5.63. The minimum absolute atomic E-state index is 0.657. The summed E-state index contributed by atoms with van der Waals surface area (Å²) in [6.45, 7) is 2.03. The molecule has 3 heteroatoms. The maximum Gasteiger partial charge on any atom is 0.148 e. The Bertz CT molecular complexity index is 273. The summed E-state index contributed by atoms with van der Waals surface area (Å²) in [7, 11) is 0. The first-order chi connectivity index (χ1) is 5.77. The minimum Gasteiger partial charge on any atom is -0.382 e. The van der Waals surface area contributed by atoms with Gasteiger partial charge in [-0.05, 0) is 19.3 Å². The van der Waals surface area contributed by atoms with E-state index < -0.39 is 0 Å². The summed E-state index contributed by atoms with van der Waals surface area (Å²) in [5, 5.41) is 6.98. The number of hydrogen-bond donors (Lipinski definition) is 2. The predicted octanol–water partition coefficient (Wildman–Crippen LogP) is 1.64.